The van der Waals surface area contributed by atoms with Crippen molar-refractivity contribution >= 4 is 11.8 Å². The topological polar surface area (TPSA) is 41.5 Å². The van der Waals surface area contributed by atoms with E-state index in [4.69, 9.17) is 4.74 Å². The minimum Gasteiger partial charge on any atom is -0.389 e. The predicted octanol–water partition coefficient (Wildman–Crippen LogP) is 2.33. The van der Waals surface area contributed by atoms with Crippen LogP contribution in [0.15, 0.2) is 0 Å². The monoisotopic (exact) mass is 285 g/mol. The maximum absolute atomic E-state index is 10.4. The molecular formula is C15H27NO2S. The Balaban J connectivity index is 1.50. The minimum absolute atomic E-state index is 0.152. The lowest BCUT2D eigenvalue weighted by Crippen LogP contribution is -2.51. The van der Waals surface area contributed by atoms with Crippen LogP contribution in [0, 0.1) is 0 Å². The van der Waals surface area contributed by atoms with E-state index >= 15 is 0 Å². The second kappa shape index (κ2) is 5.92. The number of aliphatic hydroxyl groups is 1. The zero-order chi connectivity index (χ0) is 13.2. The molecule has 3 aliphatic rings. The van der Waals surface area contributed by atoms with Crippen molar-refractivity contribution in [3.8, 4) is 0 Å². The molecule has 1 spiro atoms. The first-order valence-electron chi connectivity index (χ1n) is 7.87. The van der Waals surface area contributed by atoms with E-state index in [9.17, 15) is 5.11 Å². The molecule has 1 aliphatic carbocycles. The zero-order valence-electron chi connectivity index (χ0n) is 11.8. The van der Waals surface area contributed by atoms with Crippen LogP contribution in [-0.4, -0.2) is 47.0 Å². The summed E-state index contributed by atoms with van der Waals surface area (Å²) in [5, 5.41) is 14.1. The SMILES string of the molecule is OC1(CNC2CCOC3(CCSCC3)C2)CCCC1. The molecule has 0 aromatic carbocycles. The Morgan fingerprint density at radius 2 is 1.89 bits per heavy atom. The molecule has 0 aromatic rings. The summed E-state index contributed by atoms with van der Waals surface area (Å²) in [4.78, 5) is 0. The van der Waals surface area contributed by atoms with E-state index in [1.165, 1.54) is 37.2 Å². The van der Waals surface area contributed by atoms with E-state index in [0.717, 1.165) is 38.8 Å². The first-order chi connectivity index (χ1) is 9.20. The van der Waals surface area contributed by atoms with Gasteiger partial charge in [0.25, 0.3) is 0 Å². The van der Waals surface area contributed by atoms with Crippen LogP contribution in [0.5, 0.6) is 0 Å². The molecule has 0 amide bonds. The number of thioether (sulfide) groups is 1. The van der Waals surface area contributed by atoms with E-state index < -0.39 is 5.60 Å². The average Bonchev–Trinajstić information content (AvgIpc) is 2.85. The van der Waals surface area contributed by atoms with Gasteiger partial charge >= 0.3 is 0 Å². The molecule has 1 saturated carbocycles. The van der Waals surface area contributed by atoms with Gasteiger partial charge in [0.1, 0.15) is 0 Å². The quantitative estimate of drug-likeness (QED) is 0.835. The van der Waals surface area contributed by atoms with Crippen LogP contribution < -0.4 is 5.32 Å². The van der Waals surface area contributed by atoms with Gasteiger partial charge in [-0.25, -0.2) is 0 Å². The first-order valence-corrected chi connectivity index (χ1v) is 9.03. The highest BCUT2D eigenvalue weighted by Crippen LogP contribution is 2.38. The molecular weight excluding hydrogens is 258 g/mol. The van der Waals surface area contributed by atoms with Crippen LogP contribution in [0.25, 0.3) is 0 Å². The average molecular weight is 285 g/mol. The van der Waals surface area contributed by atoms with Gasteiger partial charge < -0.3 is 15.2 Å². The van der Waals surface area contributed by atoms with Gasteiger partial charge in [-0.15, -0.1) is 0 Å². The molecule has 3 fully saturated rings. The van der Waals surface area contributed by atoms with Crippen LogP contribution in [0.1, 0.15) is 51.4 Å². The van der Waals surface area contributed by atoms with Gasteiger partial charge in [-0.1, -0.05) is 12.8 Å². The molecule has 19 heavy (non-hydrogen) atoms. The largest absolute Gasteiger partial charge is 0.389 e. The second-order valence-corrected chi connectivity index (χ2v) is 7.87. The summed E-state index contributed by atoms with van der Waals surface area (Å²) in [6.07, 6.45) is 8.99. The molecule has 110 valence electrons. The first kappa shape index (κ1) is 14.2. The highest BCUT2D eigenvalue weighted by atomic mass is 32.2. The summed E-state index contributed by atoms with van der Waals surface area (Å²) in [6, 6.07) is 0.543. The van der Waals surface area contributed by atoms with Gasteiger partial charge in [-0.3, -0.25) is 0 Å². The summed E-state index contributed by atoms with van der Waals surface area (Å²) < 4.78 is 6.12. The fraction of sp³-hybridized carbons (Fsp3) is 1.00. The van der Waals surface area contributed by atoms with Crippen molar-refractivity contribution in [1.29, 1.82) is 0 Å². The molecule has 3 rings (SSSR count). The van der Waals surface area contributed by atoms with E-state index in [-0.39, 0.29) is 5.60 Å². The van der Waals surface area contributed by atoms with Crippen molar-refractivity contribution in [2.24, 2.45) is 0 Å². The Morgan fingerprint density at radius 1 is 1.16 bits per heavy atom. The third-order valence-electron chi connectivity index (χ3n) is 5.15. The number of nitrogens with one attached hydrogen (secondary N) is 1. The van der Waals surface area contributed by atoms with Crippen LogP contribution in [0.3, 0.4) is 0 Å². The molecule has 0 aromatic heterocycles. The molecule has 0 bridgehead atoms. The Labute approximate surface area is 120 Å². The number of rotatable bonds is 3. The minimum atomic E-state index is -0.423. The van der Waals surface area contributed by atoms with Crippen LogP contribution in [0.4, 0.5) is 0 Å². The molecule has 2 heterocycles. The summed E-state index contributed by atoms with van der Waals surface area (Å²) in [5.41, 5.74) is -0.270. The smallest absolute Gasteiger partial charge is 0.0771 e. The van der Waals surface area contributed by atoms with E-state index in [1.807, 2.05) is 0 Å². The lowest BCUT2D eigenvalue weighted by molar-refractivity contribution is -0.0952. The standard InChI is InChI=1S/C15H27NO2S/c17-14(4-1-2-5-14)12-16-13-3-8-18-15(11-13)6-9-19-10-7-15/h13,16-17H,1-12H2. The zero-order valence-corrected chi connectivity index (χ0v) is 12.6. The number of hydrogen-bond donors (Lipinski definition) is 2. The van der Waals surface area contributed by atoms with E-state index in [0.29, 0.717) is 6.04 Å². The van der Waals surface area contributed by atoms with Gasteiger partial charge in [0.15, 0.2) is 0 Å². The lowest BCUT2D eigenvalue weighted by Gasteiger charge is -2.44. The molecule has 2 aliphatic heterocycles. The van der Waals surface area contributed by atoms with Gasteiger partial charge in [0.2, 0.25) is 0 Å². The number of ether oxygens (including phenoxy) is 1. The highest BCUT2D eigenvalue weighted by molar-refractivity contribution is 7.99. The van der Waals surface area contributed by atoms with Gasteiger partial charge in [0, 0.05) is 19.2 Å². The van der Waals surface area contributed by atoms with Crippen LogP contribution >= 0.6 is 11.8 Å². The molecule has 2 N–H and O–H groups in total. The van der Waals surface area contributed by atoms with Crippen molar-refractivity contribution < 1.29 is 9.84 Å². The molecule has 3 nitrogen and oxygen atoms in total. The van der Waals surface area contributed by atoms with Crippen molar-refractivity contribution in [3.63, 3.8) is 0 Å². The third kappa shape index (κ3) is 3.46. The Kier molecular flexibility index (Phi) is 4.42. The second-order valence-electron chi connectivity index (χ2n) is 6.65. The highest BCUT2D eigenvalue weighted by Gasteiger charge is 2.39. The van der Waals surface area contributed by atoms with Gasteiger partial charge in [-0.05, 0) is 50.0 Å². The summed E-state index contributed by atoms with van der Waals surface area (Å²) in [7, 11) is 0. The van der Waals surface area contributed by atoms with Crippen molar-refractivity contribution in [2.45, 2.75) is 68.6 Å². The van der Waals surface area contributed by atoms with Crippen molar-refractivity contribution in [1.82, 2.24) is 5.32 Å². The molecule has 0 radical (unpaired) electrons. The van der Waals surface area contributed by atoms with Crippen LogP contribution in [-0.2, 0) is 4.74 Å². The Bertz CT molecular complexity index is 293. The van der Waals surface area contributed by atoms with Gasteiger partial charge in [0.05, 0.1) is 11.2 Å². The normalized spacial score (nSPS) is 33.6. The van der Waals surface area contributed by atoms with Crippen LogP contribution in [0.2, 0.25) is 0 Å². The molecule has 1 unspecified atom stereocenters. The third-order valence-corrected chi connectivity index (χ3v) is 6.14. The van der Waals surface area contributed by atoms with Gasteiger partial charge in [-0.2, -0.15) is 11.8 Å². The van der Waals surface area contributed by atoms with E-state index in [2.05, 4.69) is 17.1 Å². The molecule has 4 heteroatoms. The Morgan fingerprint density at radius 3 is 2.63 bits per heavy atom. The maximum Gasteiger partial charge on any atom is 0.0771 e. The molecule has 2 saturated heterocycles. The van der Waals surface area contributed by atoms with Crippen molar-refractivity contribution in [3.05, 3.63) is 0 Å². The van der Waals surface area contributed by atoms with Crippen molar-refractivity contribution in [2.75, 3.05) is 24.7 Å². The van der Waals surface area contributed by atoms with E-state index in [1.54, 1.807) is 0 Å². The predicted molar refractivity (Wildman–Crippen MR) is 79.7 cm³/mol. The fourth-order valence-electron chi connectivity index (χ4n) is 3.84. The fourth-order valence-corrected chi connectivity index (χ4v) is 5.07. The Hall–Kier alpha value is 0.230. The molecule has 1 atom stereocenters. The lowest BCUT2D eigenvalue weighted by atomic mass is 9.85. The maximum atomic E-state index is 10.4. The number of hydrogen-bond acceptors (Lipinski definition) is 4. The summed E-state index contributed by atoms with van der Waals surface area (Å²) >= 11 is 2.06. The summed E-state index contributed by atoms with van der Waals surface area (Å²) in [6.45, 7) is 1.67. The summed E-state index contributed by atoms with van der Waals surface area (Å²) in [5.74, 6) is 2.49.